The monoisotopic (exact) mass is 712 g/mol. The molecule has 0 radical (unpaired) electrons. The summed E-state index contributed by atoms with van der Waals surface area (Å²) in [6, 6.07) is 75.6. The molecule has 0 spiro atoms. The molecule has 0 heterocycles. The summed E-state index contributed by atoms with van der Waals surface area (Å²) >= 11 is 0. The average molecular weight is 713 g/mol. The van der Waals surface area contributed by atoms with E-state index in [9.17, 15) is 0 Å². The van der Waals surface area contributed by atoms with Crippen LogP contribution in [0.15, 0.2) is 206 Å². The zero-order valence-corrected chi connectivity index (χ0v) is 31.3. The van der Waals surface area contributed by atoms with Crippen molar-refractivity contribution in [3.8, 4) is 0 Å². The highest BCUT2D eigenvalue weighted by Gasteiger charge is 2.23. The van der Waals surface area contributed by atoms with Crippen LogP contribution >= 0.6 is 15.8 Å². The summed E-state index contributed by atoms with van der Waals surface area (Å²) in [6.45, 7) is 1.59. The van der Waals surface area contributed by atoms with Gasteiger partial charge in [0.15, 0.2) is 0 Å². The van der Waals surface area contributed by atoms with Crippen molar-refractivity contribution in [2.24, 2.45) is 0 Å². The Morgan fingerprint density at radius 1 is 0.308 bits per heavy atom. The van der Waals surface area contributed by atoms with Gasteiger partial charge in [0.25, 0.3) is 0 Å². The topological polar surface area (TPSA) is 24.1 Å². The second-order valence-corrected chi connectivity index (χ2v) is 17.5. The molecule has 2 N–H and O–H groups in total. The molecule has 4 heteroatoms. The fourth-order valence-corrected chi connectivity index (χ4v) is 11.8. The minimum atomic E-state index is -0.563. The number of benzene rings is 7. The molecule has 0 saturated heterocycles. The van der Waals surface area contributed by atoms with E-state index < -0.39 is 15.8 Å². The molecule has 7 aromatic rings. The Balaban J connectivity index is 1.12. The minimum absolute atomic E-state index is 0.200. The lowest BCUT2D eigenvalue weighted by Crippen LogP contribution is -2.29. The molecule has 0 saturated carbocycles. The molecule has 0 aliphatic rings. The maximum atomic E-state index is 4.05. The maximum absolute atomic E-state index is 4.05. The van der Waals surface area contributed by atoms with Gasteiger partial charge in [-0.3, -0.25) is 0 Å². The van der Waals surface area contributed by atoms with Crippen molar-refractivity contribution in [2.75, 3.05) is 12.3 Å². The first-order valence-corrected chi connectivity index (χ1v) is 21.3. The summed E-state index contributed by atoms with van der Waals surface area (Å²) in [5.74, 6) is 0. The Morgan fingerprint density at radius 2 is 0.558 bits per heavy atom. The first-order valence-electron chi connectivity index (χ1n) is 18.2. The summed E-state index contributed by atoms with van der Waals surface area (Å²) in [5.41, 5.74) is 5.33. The van der Waals surface area contributed by atoms with Crippen LogP contribution < -0.4 is 31.9 Å². The molecule has 7 aromatic carbocycles. The highest BCUT2D eigenvalue weighted by atomic mass is 31.1. The highest BCUT2D eigenvalue weighted by molar-refractivity contribution is 7.73. The number of hydrogen-bond donors (Lipinski definition) is 2. The van der Waals surface area contributed by atoms with E-state index in [1.54, 1.807) is 0 Å². The van der Waals surface area contributed by atoms with Crippen LogP contribution in [0.25, 0.3) is 0 Å². The van der Waals surface area contributed by atoms with Crippen molar-refractivity contribution in [3.05, 3.63) is 229 Å². The lowest BCUT2D eigenvalue weighted by atomic mass is 10.0. The van der Waals surface area contributed by atoms with Gasteiger partial charge >= 0.3 is 0 Å². The van der Waals surface area contributed by atoms with Gasteiger partial charge in [0.2, 0.25) is 0 Å². The van der Waals surface area contributed by atoms with E-state index in [1.807, 2.05) is 0 Å². The summed E-state index contributed by atoms with van der Waals surface area (Å²) in [4.78, 5) is 0. The van der Waals surface area contributed by atoms with Crippen molar-refractivity contribution in [1.82, 2.24) is 10.6 Å². The van der Waals surface area contributed by atoms with E-state index in [1.165, 1.54) is 43.5 Å². The zero-order valence-electron chi connectivity index (χ0n) is 29.5. The van der Waals surface area contributed by atoms with E-state index in [4.69, 9.17) is 0 Å². The van der Waals surface area contributed by atoms with Gasteiger partial charge in [-0.05, 0) is 71.6 Å². The largest absolute Gasteiger partial charge is 0.306 e. The van der Waals surface area contributed by atoms with Crippen molar-refractivity contribution < 1.29 is 0 Å². The molecule has 0 fully saturated rings. The Bertz CT molecular complexity index is 1810. The Kier molecular flexibility index (Phi) is 12.8. The van der Waals surface area contributed by atoms with Gasteiger partial charge in [0.05, 0.1) is 0 Å². The zero-order chi connectivity index (χ0) is 35.2. The van der Waals surface area contributed by atoms with Crippen LogP contribution in [-0.2, 0) is 13.1 Å². The lowest BCUT2D eigenvalue weighted by Gasteiger charge is -2.28. The molecule has 0 aliphatic carbocycles. The van der Waals surface area contributed by atoms with Crippen LogP contribution in [0, 0.1) is 0 Å². The summed E-state index contributed by atoms with van der Waals surface area (Å²) in [6.07, 6.45) is 2.04. The molecule has 7 rings (SSSR count). The summed E-state index contributed by atoms with van der Waals surface area (Å²) < 4.78 is 0. The molecular formula is C48H46N2P2. The van der Waals surface area contributed by atoms with Gasteiger partial charge in [-0.2, -0.15) is 0 Å². The second-order valence-electron chi connectivity index (χ2n) is 13.0. The van der Waals surface area contributed by atoms with Crippen LogP contribution in [0.1, 0.15) is 34.3 Å². The Hall–Kier alpha value is -4.68. The van der Waals surface area contributed by atoms with E-state index in [0.29, 0.717) is 0 Å². The third-order valence-electron chi connectivity index (χ3n) is 9.60. The Labute approximate surface area is 312 Å². The molecular weight excluding hydrogens is 666 g/mol. The standard InChI is InChI=1S/C48H46N2P2/c1-7-21-39(22-8-1)47(37-51(43-27-11-3-12-28-43)44-29-13-4-14-30-44)49-35-41-25-19-20-26-42(41)36-50-48(40-23-9-2-10-24-40)38-52(45-31-15-5-16-32-45)46-33-17-6-18-34-46/h1-34,47-50H,35-38H2/t47-,48-/m1/s1. The van der Waals surface area contributed by atoms with E-state index in [0.717, 1.165) is 25.4 Å². The third-order valence-corrected chi connectivity index (χ3v) is 14.7. The fourth-order valence-electron chi connectivity index (χ4n) is 6.83. The predicted molar refractivity (Wildman–Crippen MR) is 226 cm³/mol. The van der Waals surface area contributed by atoms with Crippen molar-refractivity contribution in [1.29, 1.82) is 0 Å². The first kappa shape index (κ1) is 35.7. The van der Waals surface area contributed by atoms with Gasteiger partial charge in [-0.1, -0.05) is 206 Å². The Morgan fingerprint density at radius 3 is 0.846 bits per heavy atom. The van der Waals surface area contributed by atoms with Crippen LogP contribution in [0.3, 0.4) is 0 Å². The van der Waals surface area contributed by atoms with Crippen molar-refractivity contribution in [3.63, 3.8) is 0 Å². The molecule has 258 valence electrons. The van der Waals surface area contributed by atoms with Gasteiger partial charge in [0, 0.05) is 25.2 Å². The molecule has 52 heavy (non-hydrogen) atoms. The van der Waals surface area contributed by atoms with Gasteiger partial charge in [-0.25, -0.2) is 0 Å². The molecule has 0 unspecified atom stereocenters. The summed E-state index contributed by atoms with van der Waals surface area (Å²) in [5, 5.41) is 13.7. The lowest BCUT2D eigenvalue weighted by molar-refractivity contribution is 0.559. The van der Waals surface area contributed by atoms with Crippen molar-refractivity contribution in [2.45, 2.75) is 25.2 Å². The van der Waals surface area contributed by atoms with Crippen LogP contribution in [0.5, 0.6) is 0 Å². The second kappa shape index (κ2) is 18.7. The number of nitrogens with one attached hydrogen (secondary N) is 2. The fraction of sp³-hybridized carbons (Fsp3) is 0.125. The van der Waals surface area contributed by atoms with Crippen LogP contribution in [0.2, 0.25) is 0 Å². The van der Waals surface area contributed by atoms with Gasteiger partial charge < -0.3 is 10.6 Å². The van der Waals surface area contributed by atoms with Crippen molar-refractivity contribution >= 4 is 37.1 Å². The normalized spacial score (nSPS) is 12.5. The van der Waals surface area contributed by atoms with Crippen LogP contribution in [0.4, 0.5) is 0 Å². The molecule has 2 atom stereocenters. The molecule has 0 aromatic heterocycles. The molecule has 0 aliphatic heterocycles. The predicted octanol–water partition coefficient (Wildman–Crippen LogP) is 9.61. The van der Waals surface area contributed by atoms with E-state index in [2.05, 4.69) is 217 Å². The third kappa shape index (κ3) is 9.60. The molecule has 2 nitrogen and oxygen atoms in total. The number of hydrogen-bond acceptors (Lipinski definition) is 2. The summed E-state index contributed by atoms with van der Waals surface area (Å²) in [7, 11) is -1.13. The highest BCUT2D eigenvalue weighted by Crippen LogP contribution is 2.39. The number of rotatable bonds is 16. The maximum Gasteiger partial charge on any atom is 0.0368 e. The molecule has 0 bridgehead atoms. The smallest absolute Gasteiger partial charge is 0.0368 e. The SMILES string of the molecule is c1ccc([C@@H](CP(c2ccccc2)c2ccccc2)NCc2ccccc2CN[C@H](CP(c2ccccc2)c2ccccc2)c2ccccc2)cc1. The van der Waals surface area contributed by atoms with E-state index >= 15 is 0 Å². The van der Waals surface area contributed by atoms with Gasteiger partial charge in [-0.15, -0.1) is 0 Å². The minimum Gasteiger partial charge on any atom is -0.306 e. The first-order chi connectivity index (χ1) is 25.8. The van der Waals surface area contributed by atoms with Crippen LogP contribution in [-0.4, -0.2) is 12.3 Å². The average Bonchev–Trinajstić information content (AvgIpc) is 3.23. The van der Waals surface area contributed by atoms with E-state index in [-0.39, 0.29) is 12.1 Å². The molecule has 0 amide bonds. The quantitative estimate of drug-likeness (QED) is 0.0976. The van der Waals surface area contributed by atoms with Gasteiger partial charge in [0.1, 0.15) is 0 Å².